The number of rotatable bonds is 6. The van der Waals surface area contributed by atoms with Gasteiger partial charge in [0, 0.05) is 18.7 Å². The third-order valence-corrected chi connectivity index (χ3v) is 3.26. The average Bonchev–Trinajstić information content (AvgIpc) is 2.50. The van der Waals surface area contributed by atoms with Gasteiger partial charge < -0.3 is 10.6 Å². The molecule has 0 aliphatic rings. The van der Waals surface area contributed by atoms with E-state index in [-0.39, 0.29) is 24.0 Å². The van der Waals surface area contributed by atoms with Gasteiger partial charge in [0.15, 0.2) is 0 Å². The van der Waals surface area contributed by atoms with Crippen molar-refractivity contribution in [2.24, 2.45) is 0 Å². The molecule has 2 aromatic rings. The third kappa shape index (κ3) is 4.85. The minimum Gasteiger partial charge on any atom is -0.351 e. The van der Waals surface area contributed by atoms with Crippen LogP contribution in [0.15, 0.2) is 48.5 Å². The van der Waals surface area contributed by atoms with Crippen molar-refractivity contribution in [2.45, 2.75) is 13.1 Å². The van der Waals surface area contributed by atoms with Crippen LogP contribution in [0.1, 0.15) is 11.1 Å². The molecule has 0 spiro atoms. The Kier molecular flexibility index (Phi) is 5.72. The summed E-state index contributed by atoms with van der Waals surface area (Å²) >= 11 is 5.69. The molecule has 0 fully saturated rings. The van der Waals surface area contributed by atoms with E-state index in [0.717, 1.165) is 5.56 Å². The van der Waals surface area contributed by atoms with Gasteiger partial charge in [-0.3, -0.25) is 4.79 Å². The Morgan fingerprint density at radius 2 is 1.81 bits per heavy atom. The molecule has 0 aliphatic heterocycles. The predicted molar refractivity (Wildman–Crippen MR) is 81.4 cm³/mol. The van der Waals surface area contributed by atoms with Crippen LogP contribution in [0.2, 0.25) is 5.02 Å². The predicted octanol–water partition coefficient (Wildman–Crippen LogP) is 2.89. The normalized spacial score (nSPS) is 10.4. The number of benzene rings is 2. The standard InChI is InChI=1S/C16H16ClFN2O/c17-14-8-4-7-13(16(14)18)10-19-11-15(21)20-9-12-5-2-1-3-6-12/h1-8,19H,9-11H2,(H,20,21). The van der Waals surface area contributed by atoms with Crippen molar-refractivity contribution in [3.8, 4) is 0 Å². The summed E-state index contributed by atoms with van der Waals surface area (Å²) in [5.74, 6) is -0.586. The van der Waals surface area contributed by atoms with Gasteiger partial charge in [-0.1, -0.05) is 54.1 Å². The number of hydrogen-bond acceptors (Lipinski definition) is 2. The van der Waals surface area contributed by atoms with Gasteiger partial charge in [0.05, 0.1) is 11.6 Å². The summed E-state index contributed by atoms with van der Waals surface area (Å²) in [5, 5.41) is 5.77. The zero-order chi connectivity index (χ0) is 15.1. The molecule has 0 heterocycles. The van der Waals surface area contributed by atoms with Crippen LogP contribution in [0.25, 0.3) is 0 Å². The topological polar surface area (TPSA) is 41.1 Å². The van der Waals surface area contributed by atoms with Gasteiger partial charge in [-0.2, -0.15) is 0 Å². The van der Waals surface area contributed by atoms with E-state index in [0.29, 0.717) is 12.1 Å². The van der Waals surface area contributed by atoms with Crippen molar-refractivity contribution in [1.29, 1.82) is 0 Å². The van der Waals surface area contributed by atoms with Crippen LogP contribution in [0.3, 0.4) is 0 Å². The monoisotopic (exact) mass is 306 g/mol. The summed E-state index contributed by atoms with van der Waals surface area (Å²) in [5.41, 5.74) is 1.48. The Morgan fingerprint density at radius 1 is 1.05 bits per heavy atom. The highest BCUT2D eigenvalue weighted by atomic mass is 35.5. The SMILES string of the molecule is O=C(CNCc1cccc(Cl)c1F)NCc1ccccc1. The lowest BCUT2D eigenvalue weighted by molar-refractivity contribution is -0.120. The first kappa shape index (κ1) is 15.5. The summed E-state index contributed by atoms with van der Waals surface area (Å²) in [7, 11) is 0. The first-order chi connectivity index (χ1) is 10.2. The largest absolute Gasteiger partial charge is 0.351 e. The highest BCUT2D eigenvalue weighted by Crippen LogP contribution is 2.17. The fourth-order valence-corrected chi connectivity index (χ4v) is 2.05. The molecule has 0 radical (unpaired) electrons. The van der Waals surface area contributed by atoms with Gasteiger partial charge in [-0.05, 0) is 11.6 Å². The molecule has 0 saturated heterocycles. The lowest BCUT2D eigenvalue weighted by Gasteiger charge is -2.08. The molecule has 2 rings (SSSR count). The Bertz CT molecular complexity index is 604. The fourth-order valence-electron chi connectivity index (χ4n) is 1.85. The third-order valence-electron chi connectivity index (χ3n) is 2.97. The summed E-state index contributed by atoms with van der Waals surface area (Å²) in [4.78, 5) is 11.7. The molecule has 0 saturated carbocycles. The van der Waals surface area contributed by atoms with E-state index in [4.69, 9.17) is 11.6 Å². The molecule has 0 aromatic heterocycles. The maximum absolute atomic E-state index is 13.6. The molecule has 0 atom stereocenters. The minimum atomic E-state index is -0.448. The molecule has 2 N–H and O–H groups in total. The smallest absolute Gasteiger partial charge is 0.234 e. The van der Waals surface area contributed by atoms with E-state index in [9.17, 15) is 9.18 Å². The zero-order valence-corrected chi connectivity index (χ0v) is 12.2. The van der Waals surface area contributed by atoms with Crippen LogP contribution in [-0.2, 0) is 17.9 Å². The van der Waals surface area contributed by atoms with Crippen molar-refractivity contribution in [2.75, 3.05) is 6.54 Å². The van der Waals surface area contributed by atoms with Gasteiger partial charge in [0.1, 0.15) is 5.82 Å². The highest BCUT2D eigenvalue weighted by Gasteiger charge is 2.06. The maximum atomic E-state index is 13.6. The summed E-state index contributed by atoms with van der Waals surface area (Å²) in [6, 6.07) is 14.4. The number of carbonyl (C=O) groups is 1. The van der Waals surface area contributed by atoms with Crippen molar-refractivity contribution in [3.63, 3.8) is 0 Å². The van der Waals surface area contributed by atoms with Gasteiger partial charge in [-0.15, -0.1) is 0 Å². The quantitative estimate of drug-likeness (QED) is 0.861. The van der Waals surface area contributed by atoms with E-state index < -0.39 is 5.82 Å². The lowest BCUT2D eigenvalue weighted by Crippen LogP contribution is -2.33. The number of nitrogens with one attached hydrogen (secondary N) is 2. The second-order valence-corrected chi connectivity index (χ2v) is 4.99. The van der Waals surface area contributed by atoms with Gasteiger partial charge >= 0.3 is 0 Å². The minimum absolute atomic E-state index is 0.0860. The second-order valence-electron chi connectivity index (χ2n) is 4.58. The molecule has 2 aromatic carbocycles. The van der Waals surface area contributed by atoms with E-state index in [1.54, 1.807) is 12.1 Å². The van der Waals surface area contributed by atoms with Crippen LogP contribution in [0.4, 0.5) is 4.39 Å². The van der Waals surface area contributed by atoms with Crippen LogP contribution in [-0.4, -0.2) is 12.5 Å². The van der Waals surface area contributed by atoms with Crippen LogP contribution in [0.5, 0.6) is 0 Å². The van der Waals surface area contributed by atoms with Crippen LogP contribution < -0.4 is 10.6 Å². The first-order valence-electron chi connectivity index (χ1n) is 6.61. The molecular formula is C16H16ClFN2O. The molecule has 5 heteroatoms. The fraction of sp³-hybridized carbons (Fsp3) is 0.188. The van der Waals surface area contributed by atoms with Gasteiger partial charge in [0.2, 0.25) is 5.91 Å². The van der Waals surface area contributed by atoms with Crippen LogP contribution >= 0.6 is 11.6 Å². The molecule has 21 heavy (non-hydrogen) atoms. The average molecular weight is 307 g/mol. The maximum Gasteiger partial charge on any atom is 0.234 e. The summed E-state index contributed by atoms with van der Waals surface area (Å²) < 4.78 is 13.6. The summed E-state index contributed by atoms with van der Waals surface area (Å²) in [6.07, 6.45) is 0. The number of halogens is 2. The first-order valence-corrected chi connectivity index (χ1v) is 6.99. The molecule has 0 bridgehead atoms. The Balaban J connectivity index is 1.73. The Labute approximate surface area is 128 Å². The van der Waals surface area contributed by atoms with E-state index in [2.05, 4.69) is 10.6 Å². The molecule has 110 valence electrons. The van der Waals surface area contributed by atoms with Crippen molar-refractivity contribution in [3.05, 3.63) is 70.5 Å². The second kappa shape index (κ2) is 7.76. The zero-order valence-electron chi connectivity index (χ0n) is 11.4. The lowest BCUT2D eigenvalue weighted by atomic mass is 10.2. The van der Waals surface area contributed by atoms with Gasteiger partial charge in [-0.25, -0.2) is 4.39 Å². The van der Waals surface area contributed by atoms with Gasteiger partial charge in [0.25, 0.3) is 0 Å². The van der Waals surface area contributed by atoms with Crippen molar-refractivity contribution >= 4 is 17.5 Å². The highest BCUT2D eigenvalue weighted by molar-refractivity contribution is 6.30. The van der Waals surface area contributed by atoms with E-state index in [1.165, 1.54) is 6.07 Å². The molecule has 0 aliphatic carbocycles. The molecular weight excluding hydrogens is 291 g/mol. The van der Waals surface area contributed by atoms with E-state index in [1.807, 2.05) is 30.3 Å². The van der Waals surface area contributed by atoms with Crippen molar-refractivity contribution < 1.29 is 9.18 Å². The molecule has 0 unspecified atom stereocenters. The summed E-state index contributed by atoms with van der Waals surface area (Å²) in [6.45, 7) is 0.858. The van der Waals surface area contributed by atoms with E-state index >= 15 is 0 Å². The van der Waals surface area contributed by atoms with Crippen LogP contribution in [0, 0.1) is 5.82 Å². The Morgan fingerprint density at radius 3 is 2.57 bits per heavy atom. The Hall–Kier alpha value is -1.91. The molecule has 3 nitrogen and oxygen atoms in total. The number of amides is 1. The van der Waals surface area contributed by atoms with Crippen molar-refractivity contribution in [1.82, 2.24) is 10.6 Å². The number of hydrogen-bond donors (Lipinski definition) is 2. The molecule has 1 amide bonds. The number of carbonyl (C=O) groups excluding carboxylic acids is 1.